The largest absolute Gasteiger partial charge is 0.493 e. The predicted molar refractivity (Wildman–Crippen MR) is 115 cm³/mol. The number of unbranched alkanes of at least 4 members (excludes halogenated alkanes) is 7. The number of carboxylic acid groups (broad SMARTS) is 1. The predicted octanol–water partition coefficient (Wildman–Crippen LogP) is 6.69. The van der Waals surface area contributed by atoms with Crippen LogP contribution < -0.4 is 4.74 Å². The standard InChI is InChI=1S/C25H34O3/c1-2-3-4-5-6-7-8-11-20-28-24-13-10-9-12-22(24)17-14-21-15-18-23(19-16-21)25(26)27/h9-10,12-13,15-16,18-19H,2-8,11,14,17,20H2,1H3,(H,26,27). The van der Waals surface area contributed by atoms with Gasteiger partial charge in [0.05, 0.1) is 12.2 Å². The summed E-state index contributed by atoms with van der Waals surface area (Å²) in [5, 5.41) is 8.99. The van der Waals surface area contributed by atoms with E-state index < -0.39 is 5.97 Å². The summed E-state index contributed by atoms with van der Waals surface area (Å²) in [5.41, 5.74) is 2.69. The molecule has 0 saturated carbocycles. The number of rotatable bonds is 14. The molecule has 28 heavy (non-hydrogen) atoms. The fourth-order valence-corrected chi connectivity index (χ4v) is 3.36. The van der Waals surface area contributed by atoms with Gasteiger partial charge in [-0.25, -0.2) is 4.79 Å². The zero-order chi connectivity index (χ0) is 20.0. The van der Waals surface area contributed by atoms with Crippen LogP contribution >= 0.6 is 0 Å². The number of benzene rings is 2. The number of aryl methyl sites for hydroxylation is 2. The van der Waals surface area contributed by atoms with Crippen molar-refractivity contribution in [2.75, 3.05) is 6.61 Å². The quantitative estimate of drug-likeness (QED) is 0.370. The lowest BCUT2D eigenvalue weighted by Crippen LogP contribution is -2.02. The maximum absolute atomic E-state index is 10.9. The summed E-state index contributed by atoms with van der Waals surface area (Å²) in [6, 6.07) is 15.4. The van der Waals surface area contributed by atoms with E-state index in [0.29, 0.717) is 5.56 Å². The highest BCUT2D eigenvalue weighted by Gasteiger charge is 2.05. The van der Waals surface area contributed by atoms with Crippen LogP contribution in [0, 0.1) is 0 Å². The van der Waals surface area contributed by atoms with E-state index in [0.717, 1.165) is 37.2 Å². The van der Waals surface area contributed by atoms with Crippen LogP contribution in [-0.4, -0.2) is 17.7 Å². The van der Waals surface area contributed by atoms with Crippen LogP contribution in [0.4, 0.5) is 0 Å². The third-order valence-corrected chi connectivity index (χ3v) is 5.11. The Morgan fingerprint density at radius 1 is 0.821 bits per heavy atom. The van der Waals surface area contributed by atoms with Gasteiger partial charge in [-0.2, -0.15) is 0 Å². The molecule has 1 N–H and O–H groups in total. The van der Waals surface area contributed by atoms with Crippen molar-refractivity contribution in [2.24, 2.45) is 0 Å². The molecule has 0 bridgehead atoms. The minimum Gasteiger partial charge on any atom is -0.493 e. The van der Waals surface area contributed by atoms with Crippen molar-refractivity contribution < 1.29 is 14.6 Å². The number of ether oxygens (including phenoxy) is 1. The summed E-state index contributed by atoms with van der Waals surface area (Å²) in [7, 11) is 0. The molecular formula is C25H34O3. The molecule has 0 amide bonds. The molecule has 152 valence electrons. The molecule has 0 aliphatic rings. The normalized spacial score (nSPS) is 10.8. The van der Waals surface area contributed by atoms with Gasteiger partial charge in [-0.05, 0) is 48.6 Å². The van der Waals surface area contributed by atoms with Gasteiger partial charge in [0, 0.05) is 0 Å². The Hall–Kier alpha value is -2.29. The van der Waals surface area contributed by atoms with Crippen molar-refractivity contribution in [2.45, 2.75) is 71.1 Å². The molecule has 2 rings (SSSR count). The summed E-state index contributed by atoms with van der Waals surface area (Å²) >= 11 is 0. The average molecular weight is 383 g/mol. The molecule has 0 heterocycles. The third kappa shape index (κ3) is 8.16. The second-order valence-corrected chi connectivity index (χ2v) is 7.43. The zero-order valence-electron chi connectivity index (χ0n) is 17.2. The molecule has 0 spiro atoms. The second kappa shape index (κ2) is 13.0. The van der Waals surface area contributed by atoms with Gasteiger partial charge >= 0.3 is 5.97 Å². The molecule has 3 heteroatoms. The van der Waals surface area contributed by atoms with E-state index in [-0.39, 0.29) is 0 Å². The van der Waals surface area contributed by atoms with Gasteiger partial charge < -0.3 is 9.84 Å². The van der Waals surface area contributed by atoms with Crippen LogP contribution in [-0.2, 0) is 12.8 Å². The molecular weight excluding hydrogens is 348 g/mol. The van der Waals surface area contributed by atoms with Crippen LogP contribution in [0.3, 0.4) is 0 Å². The monoisotopic (exact) mass is 382 g/mol. The Morgan fingerprint density at radius 3 is 2.14 bits per heavy atom. The first-order valence-electron chi connectivity index (χ1n) is 10.7. The van der Waals surface area contributed by atoms with E-state index in [1.165, 1.54) is 50.5 Å². The second-order valence-electron chi connectivity index (χ2n) is 7.43. The Balaban J connectivity index is 1.71. The Bertz CT molecular complexity index is 691. The number of carbonyl (C=O) groups is 1. The lowest BCUT2D eigenvalue weighted by atomic mass is 10.0. The van der Waals surface area contributed by atoms with E-state index in [1.54, 1.807) is 12.1 Å². The van der Waals surface area contributed by atoms with Gasteiger partial charge in [-0.1, -0.05) is 82.2 Å². The van der Waals surface area contributed by atoms with Crippen LogP contribution in [0.25, 0.3) is 0 Å². The third-order valence-electron chi connectivity index (χ3n) is 5.11. The fourth-order valence-electron chi connectivity index (χ4n) is 3.36. The van der Waals surface area contributed by atoms with Crippen molar-refractivity contribution in [3.8, 4) is 5.75 Å². The van der Waals surface area contributed by atoms with E-state index in [1.807, 2.05) is 30.3 Å². The highest BCUT2D eigenvalue weighted by Crippen LogP contribution is 2.21. The number of hydrogen-bond acceptors (Lipinski definition) is 2. The molecule has 0 aliphatic carbocycles. The van der Waals surface area contributed by atoms with Gasteiger partial charge in [0.25, 0.3) is 0 Å². The summed E-state index contributed by atoms with van der Waals surface area (Å²) < 4.78 is 6.04. The van der Waals surface area contributed by atoms with Crippen molar-refractivity contribution in [3.63, 3.8) is 0 Å². The van der Waals surface area contributed by atoms with Crippen LogP contribution in [0.5, 0.6) is 5.75 Å². The maximum atomic E-state index is 10.9. The highest BCUT2D eigenvalue weighted by molar-refractivity contribution is 5.87. The van der Waals surface area contributed by atoms with Gasteiger partial charge in [-0.3, -0.25) is 0 Å². The molecule has 0 unspecified atom stereocenters. The lowest BCUT2D eigenvalue weighted by molar-refractivity contribution is 0.0697. The van der Waals surface area contributed by atoms with Crippen molar-refractivity contribution >= 4 is 5.97 Å². The van der Waals surface area contributed by atoms with Gasteiger partial charge in [0.2, 0.25) is 0 Å². The van der Waals surface area contributed by atoms with Gasteiger partial charge in [0.15, 0.2) is 0 Å². The first-order valence-corrected chi connectivity index (χ1v) is 10.7. The Morgan fingerprint density at radius 2 is 1.46 bits per heavy atom. The van der Waals surface area contributed by atoms with Crippen molar-refractivity contribution in [3.05, 3.63) is 65.2 Å². The minimum absolute atomic E-state index is 0.331. The van der Waals surface area contributed by atoms with E-state index in [9.17, 15) is 4.79 Å². The molecule has 0 saturated heterocycles. The molecule has 0 aromatic heterocycles. The topological polar surface area (TPSA) is 46.5 Å². The summed E-state index contributed by atoms with van der Waals surface area (Å²) in [6.45, 7) is 3.03. The number of carboxylic acids is 1. The van der Waals surface area contributed by atoms with E-state index in [2.05, 4.69) is 13.0 Å². The minimum atomic E-state index is -0.883. The molecule has 0 atom stereocenters. The first-order chi connectivity index (χ1) is 13.7. The van der Waals surface area contributed by atoms with Crippen LogP contribution in [0.1, 0.15) is 79.8 Å². The Kier molecular flexibility index (Phi) is 10.2. The molecule has 0 aliphatic heterocycles. The van der Waals surface area contributed by atoms with Gasteiger partial charge in [-0.15, -0.1) is 0 Å². The first kappa shape index (κ1) is 22.0. The summed E-state index contributed by atoms with van der Waals surface area (Å²) in [4.78, 5) is 10.9. The molecule has 2 aromatic rings. The van der Waals surface area contributed by atoms with Crippen molar-refractivity contribution in [1.29, 1.82) is 0 Å². The number of hydrogen-bond donors (Lipinski definition) is 1. The molecule has 3 nitrogen and oxygen atoms in total. The van der Waals surface area contributed by atoms with E-state index >= 15 is 0 Å². The Labute approximate surface area is 169 Å². The zero-order valence-corrected chi connectivity index (χ0v) is 17.2. The number of aromatic carboxylic acids is 1. The maximum Gasteiger partial charge on any atom is 0.335 e. The van der Waals surface area contributed by atoms with Crippen LogP contribution in [0.15, 0.2) is 48.5 Å². The SMILES string of the molecule is CCCCCCCCCCOc1ccccc1CCc1ccc(C(=O)O)cc1. The summed E-state index contributed by atoms with van der Waals surface area (Å²) in [5.74, 6) is 0.0962. The van der Waals surface area contributed by atoms with Crippen molar-refractivity contribution in [1.82, 2.24) is 0 Å². The van der Waals surface area contributed by atoms with Crippen LogP contribution in [0.2, 0.25) is 0 Å². The van der Waals surface area contributed by atoms with Gasteiger partial charge in [0.1, 0.15) is 5.75 Å². The summed E-state index contributed by atoms with van der Waals surface area (Å²) in [6.07, 6.45) is 12.2. The fraction of sp³-hybridized carbons (Fsp3) is 0.480. The molecule has 2 aromatic carbocycles. The molecule has 0 radical (unpaired) electrons. The molecule has 0 fully saturated rings. The smallest absolute Gasteiger partial charge is 0.335 e. The number of para-hydroxylation sites is 1. The lowest BCUT2D eigenvalue weighted by Gasteiger charge is -2.12. The highest BCUT2D eigenvalue weighted by atomic mass is 16.5. The van der Waals surface area contributed by atoms with E-state index in [4.69, 9.17) is 9.84 Å². The average Bonchev–Trinajstić information content (AvgIpc) is 2.72.